The summed E-state index contributed by atoms with van der Waals surface area (Å²) < 4.78 is 5.58. The summed E-state index contributed by atoms with van der Waals surface area (Å²) in [5.41, 5.74) is 0.676. The summed E-state index contributed by atoms with van der Waals surface area (Å²) in [6.45, 7) is 0.968. The zero-order valence-electron chi connectivity index (χ0n) is 12.2. The highest BCUT2D eigenvalue weighted by atomic mass is 35.5. The predicted octanol–water partition coefficient (Wildman–Crippen LogP) is 3.57. The van der Waals surface area contributed by atoms with Crippen LogP contribution in [0.1, 0.15) is 18.4 Å². The molecule has 1 aliphatic carbocycles. The van der Waals surface area contributed by atoms with Gasteiger partial charge >= 0.3 is 0 Å². The van der Waals surface area contributed by atoms with Gasteiger partial charge in [0.15, 0.2) is 0 Å². The van der Waals surface area contributed by atoms with Crippen molar-refractivity contribution in [1.82, 2.24) is 5.32 Å². The van der Waals surface area contributed by atoms with E-state index in [4.69, 9.17) is 16.3 Å². The topological polar surface area (TPSA) is 38.3 Å². The molecule has 0 aliphatic heterocycles. The Kier molecular flexibility index (Phi) is 4.34. The van der Waals surface area contributed by atoms with Gasteiger partial charge in [-0.15, -0.1) is 0 Å². The lowest BCUT2D eigenvalue weighted by Gasteiger charge is -2.16. The number of carbonyl (C=O) groups excluding carboxylic acids is 1. The lowest BCUT2D eigenvalue weighted by atomic mass is 9.95. The Morgan fingerprint density at radius 3 is 2.41 bits per heavy atom. The van der Waals surface area contributed by atoms with E-state index in [1.807, 2.05) is 54.6 Å². The molecular weight excluding hydrogens is 298 g/mol. The smallest absolute Gasteiger partial charge is 0.230 e. The standard InChI is InChI=1S/C18H18ClNO2/c19-15-8-6-14(7-9-15)18(10-11-18)17(21)20-12-13-22-16-4-2-1-3-5-16/h1-9H,10-13H2,(H,20,21). The number of nitrogens with one attached hydrogen (secondary N) is 1. The van der Waals surface area contributed by atoms with Gasteiger partial charge in [-0.1, -0.05) is 41.9 Å². The second-order valence-electron chi connectivity index (χ2n) is 5.51. The van der Waals surface area contributed by atoms with Crippen LogP contribution in [0.4, 0.5) is 0 Å². The van der Waals surface area contributed by atoms with E-state index in [0.717, 1.165) is 24.2 Å². The summed E-state index contributed by atoms with van der Waals surface area (Å²) in [6.07, 6.45) is 1.78. The predicted molar refractivity (Wildman–Crippen MR) is 87.3 cm³/mol. The molecule has 4 heteroatoms. The van der Waals surface area contributed by atoms with Crippen molar-refractivity contribution in [1.29, 1.82) is 0 Å². The molecule has 1 N–H and O–H groups in total. The largest absolute Gasteiger partial charge is 0.492 e. The summed E-state index contributed by atoms with van der Waals surface area (Å²) >= 11 is 5.91. The number of para-hydroxylation sites is 1. The SMILES string of the molecule is O=C(NCCOc1ccccc1)C1(c2ccc(Cl)cc2)CC1. The molecule has 0 bridgehead atoms. The molecule has 114 valence electrons. The maximum absolute atomic E-state index is 12.4. The van der Waals surface area contributed by atoms with Crippen LogP contribution in [0.15, 0.2) is 54.6 Å². The van der Waals surface area contributed by atoms with Crippen LogP contribution in [0.5, 0.6) is 5.75 Å². The van der Waals surface area contributed by atoms with Crippen molar-refractivity contribution in [2.75, 3.05) is 13.2 Å². The number of halogens is 1. The Labute approximate surface area is 135 Å². The molecule has 0 radical (unpaired) electrons. The average molecular weight is 316 g/mol. The monoisotopic (exact) mass is 315 g/mol. The highest BCUT2D eigenvalue weighted by Gasteiger charge is 2.50. The fourth-order valence-electron chi connectivity index (χ4n) is 2.56. The minimum Gasteiger partial charge on any atom is -0.492 e. The van der Waals surface area contributed by atoms with Crippen LogP contribution in [0.25, 0.3) is 0 Å². The Hall–Kier alpha value is -2.00. The number of hydrogen-bond acceptors (Lipinski definition) is 2. The normalized spacial score (nSPS) is 15.1. The Morgan fingerprint density at radius 1 is 1.09 bits per heavy atom. The van der Waals surface area contributed by atoms with Crippen molar-refractivity contribution in [2.45, 2.75) is 18.3 Å². The third kappa shape index (κ3) is 3.25. The van der Waals surface area contributed by atoms with Crippen LogP contribution in [-0.2, 0) is 10.2 Å². The molecule has 0 atom stereocenters. The highest BCUT2D eigenvalue weighted by Crippen LogP contribution is 2.48. The van der Waals surface area contributed by atoms with E-state index in [0.29, 0.717) is 18.2 Å². The summed E-state index contributed by atoms with van der Waals surface area (Å²) in [5, 5.41) is 3.66. The lowest BCUT2D eigenvalue weighted by Crippen LogP contribution is -2.37. The van der Waals surface area contributed by atoms with Crippen LogP contribution >= 0.6 is 11.6 Å². The summed E-state index contributed by atoms with van der Waals surface area (Å²) in [4.78, 5) is 12.4. The molecule has 0 unspecified atom stereocenters. The molecule has 22 heavy (non-hydrogen) atoms. The minimum absolute atomic E-state index is 0.0754. The molecule has 1 aliphatic rings. The first-order chi connectivity index (χ1) is 10.7. The molecule has 2 aromatic carbocycles. The van der Waals surface area contributed by atoms with Gasteiger partial charge in [0, 0.05) is 5.02 Å². The molecule has 1 fully saturated rings. The second kappa shape index (κ2) is 6.41. The molecule has 3 rings (SSSR count). The molecule has 0 heterocycles. The van der Waals surface area contributed by atoms with Gasteiger partial charge in [-0.3, -0.25) is 4.79 Å². The first-order valence-corrected chi connectivity index (χ1v) is 7.81. The molecule has 2 aromatic rings. The zero-order chi connectivity index (χ0) is 15.4. The van der Waals surface area contributed by atoms with Crippen molar-refractivity contribution >= 4 is 17.5 Å². The van der Waals surface area contributed by atoms with Gasteiger partial charge in [-0.2, -0.15) is 0 Å². The maximum atomic E-state index is 12.4. The number of benzene rings is 2. The maximum Gasteiger partial charge on any atom is 0.230 e. The van der Waals surface area contributed by atoms with E-state index in [-0.39, 0.29) is 11.3 Å². The van der Waals surface area contributed by atoms with E-state index in [9.17, 15) is 4.79 Å². The zero-order valence-corrected chi connectivity index (χ0v) is 13.0. The number of carbonyl (C=O) groups is 1. The molecule has 1 saturated carbocycles. The van der Waals surface area contributed by atoms with Crippen LogP contribution < -0.4 is 10.1 Å². The van der Waals surface area contributed by atoms with E-state index in [1.54, 1.807) is 0 Å². The van der Waals surface area contributed by atoms with E-state index in [2.05, 4.69) is 5.32 Å². The number of amides is 1. The minimum atomic E-state index is -0.364. The fraction of sp³-hybridized carbons (Fsp3) is 0.278. The van der Waals surface area contributed by atoms with Crippen molar-refractivity contribution in [3.05, 3.63) is 65.2 Å². The van der Waals surface area contributed by atoms with Gasteiger partial charge in [0.05, 0.1) is 12.0 Å². The van der Waals surface area contributed by atoms with Crippen molar-refractivity contribution < 1.29 is 9.53 Å². The molecular formula is C18H18ClNO2. The summed E-state index contributed by atoms with van der Waals surface area (Å²) in [7, 11) is 0. The Balaban J connectivity index is 1.51. The molecule has 0 aromatic heterocycles. The second-order valence-corrected chi connectivity index (χ2v) is 5.94. The van der Waals surface area contributed by atoms with E-state index < -0.39 is 0 Å². The lowest BCUT2D eigenvalue weighted by molar-refractivity contribution is -0.123. The highest BCUT2D eigenvalue weighted by molar-refractivity contribution is 6.30. The quantitative estimate of drug-likeness (QED) is 0.828. The molecule has 0 saturated heterocycles. The first kappa shape index (κ1) is 14.9. The van der Waals surface area contributed by atoms with Crippen LogP contribution in [-0.4, -0.2) is 19.1 Å². The summed E-state index contributed by atoms with van der Waals surface area (Å²) in [6, 6.07) is 17.1. The van der Waals surface area contributed by atoms with Crippen molar-refractivity contribution in [3.8, 4) is 5.75 Å². The van der Waals surface area contributed by atoms with Crippen LogP contribution in [0.2, 0.25) is 5.02 Å². The fourth-order valence-corrected chi connectivity index (χ4v) is 2.69. The van der Waals surface area contributed by atoms with Crippen LogP contribution in [0, 0.1) is 0 Å². The van der Waals surface area contributed by atoms with Gasteiger partial charge in [0.2, 0.25) is 5.91 Å². The molecule has 3 nitrogen and oxygen atoms in total. The van der Waals surface area contributed by atoms with Gasteiger partial charge < -0.3 is 10.1 Å². The third-order valence-electron chi connectivity index (χ3n) is 3.98. The van der Waals surface area contributed by atoms with Crippen LogP contribution in [0.3, 0.4) is 0 Å². The first-order valence-electron chi connectivity index (χ1n) is 7.43. The van der Waals surface area contributed by atoms with Gasteiger partial charge in [0.1, 0.15) is 12.4 Å². The average Bonchev–Trinajstić information content (AvgIpc) is 3.35. The number of hydrogen-bond donors (Lipinski definition) is 1. The molecule has 1 amide bonds. The summed E-state index contributed by atoms with van der Waals surface area (Å²) in [5.74, 6) is 0.891. The number of rotatable bonds is 6. The third-order valence-corrected chi connectivity index (χ3v) is 4.23. The van der Waals surface area contributed by atoms with E-state index in [1.165, 1.54) is 0 Å². The van der Waals surface area contributed by atoms with Gasteiger partial charge in [-0.05, 0) is 42.7 Å². The number of ether oxygens (including phenoxy) is 1. The van der Waals surface area contributed by atoms with Crippen molar-refractivity contribution in [2.24, 2.45) is 0 Å². The van der Waals surface area contributed by atoms with Crippen molar-refractivity contribution in [3.63, 3.8) is 0 Å². The van der Waals surface area contributed by atoms with Gasteiger partial charge in [0.25, 0.3) is 0 Å². The molecule has 0 spiro atoms. The Bertz CT molecular complexity index is 636. The van der Waals surface area contributed by atoms with E-state index >= 15 is 0 Å². The Morgan fingerprint density at radius 2 is 1.77 bits per heavy atom. The van der Waals surface area contributed by atoms with Gasteiger partial charge in [-0.25, -0.2) is 0 Å².